The normalized spacial score (nSPS) is 19.5. The summed E-state index contributed by atoms with van der Waals surface area (Å²) in [6, 6.07) is 6.37. The van der Waals surface area contributed by atoms with Gasteiger partial charge < -0.3 is 18.9 Å². The van der Waals surface area contributed by atoms with Gasteiger partial charge in [0.15, 0.2) is 5.78 Å². The minimum Gasteiger partial charge on any atom is -0.500 e. The van der Waals surface area contributed by atoms with Crippen LogP contribution in [0, 0.1) is 5.92 Å². The Hall–Kier alpha value is -2.86. The third kappa shape index (κ3) is 4.83. The smallest absolute Gasteiger partial charge is 0.308 e. The van der Waals surface area contributed by atoms with Crippen molar-refractivity contribution in [2.45, 2.75) is 13.0 Å². The Morgan fingerprint density at radius 3 is 2.27 bits per heavy atom. The Kier molecular flexibility index (Phi) is 6.74. The molecule has 0 fully saturated rings. The van der Waals surface area contributed by atoms with E-state index in [1.54, 1.807) is 57.7 Å². The number of ether oxygens (including phenoxy) is 4. The first-order valence-corrected chi connectivity index (χ1v) is 8.03. The molecule has 2 atom stereocenters. The number of hydrogen-bond acceptors (Lipinski definition) is 6. The molecule has 1 aliphatic rings. The highest BCUT2D eigenvalue weighted by molar-refractivity contribution is 6.04. The molecule has 0 saturated carbocycles. The highest BCUT2D eigenvalue weighted by Gasteiger charge is 2.27. The summed E-state index contributed by atoms with van der Waals surface area (Å²) in [5.41, 5.74) is 0.484. The largest absolute Gasteiger partial charge is 0.500 e. The summed E-state index contributed by atoms with van der Waals surface area (Å²) < 4.78 is 21.1. The van der Waals surface area contributed by atoms with Crippen molar-refractivity contribution < 1.29 is 28.5 Å². The molecule has 0 radical (unpaired) electrons. The number of esters is 1. The Bertz CT molecular complexity index is 742. The molecule has 1 aliphatic carbocycles. The van der Waals surface area contributed by atoms with Crippen LogP contribution in [-0.2, 0) is 19.0 Å². The van der Waals surface area contributed by atoms with Crippen molar-refractivity contribution in [1.29, 1.82) is 0 Å². The lowest BCUT2D eigenvalue weighted by atomic mass is 9.93. The first kappa shape index (κ1) is 19.5. The summed E-state index contributed by atoms with van der Waals surface area (Å²) in [6.45, 7) is 1.32. The average molecular weight is 358 g/mol. The van der Waals surface area contributed by atoms with Gasteiger partial charge in [-0.15, -0.1) is 0 Å². The number of benzene rings is 1. The fraction of sp³-hybridized carbons (Fsp3) is 0.300. The minimum atomic E-state index is -0.408. The number of allylic oxidation sites excluding steroid dienone is 2. The summed E-state index contributed by atoms with van der Waals surface area (Å²) in [7, 11) is 4.72. The number of hydrogen-bond donors (Lipinski definition) is 0. The van der Waals surface area contributed by atoms with E-state index in [1.807, 2.05) is 6.08 Å². The van der Waals surface area contributed by atoms with Gasteiger partial charge in [-0.1, -0.05) is 6.08 Å². The number of ketones is 1. The Morgan fingerprint density at radius 1 is 1.04 bits per heavy atom. The highest BCUT2D eigenvalue weighted by atomic mass is 16.5. The van der Waals surface area contributed by atoms with Gasteiger partial charge >= 0.3 is 5.97 Å². The Labute approximate surface area is 152 Å². The van der Waals surface area contributed by atoms with E-state index in [4.69, 9.17) is 18.9 Å². The summed E-state index contributed by atoms with van der Waals surface area (Å²) >= 11 is 0. The van der Waals surface area contributed by atoms with E-state index in [0.717, 1.165) is 0 Å². The minimum absolute atomic E-state index is 0.175. The fourth-order valence-corrected chi connectivity index (χ4v) is 2.59. The van der Waals surface area contributed by atoms with E-state index in [9.17, 15) is 9.59 Å². The summed E-state index contributed by atoms with van der Waals surface area (Å²) in [4.78, 5) is 23.3. The SMILES string of the molecule is COC1=CC(OC)C(C=CC(=O)c2ccc(OC(C)=O)cc2)C(OC)=C1. The van der Waals surface area contributed by atoms with Crippen LogP contribution in [0.2, 0.25) is 0 Å². The lowest BCUT2D eigenvalue weighted by molar-refractivity contribution is -0.131. The van der Waals surface area contributed by atoms with Gasteiger partial charge in [0.25, 0.3) is 0 Å². The molecule has 0 amide bonds. The molecule has 2 rings (SSSR count). The molecule has 0 aliphatic heterocycles. The van der Waals surface area contributed by atoms with E-state index < -0.39 is 5.97 Å². The predicted molar refractivity (Wildman–Crippen MR) is 95.7 cm³/mol. The van der Waals surface area contributed by atoms with E-state index in [0.29, 0.717) is 22.8 Å². The number of carbonyl (C=O) groups excluding carboxylic acids is 2. The molecule has 6 heteroatoms. The number of methoxy groups -OCH3 is 3. The molecule has 26 heavy (non-hydrogen) atoms. The second-order valence-electron chi connectivity index (χ2n) is 5.59. The van der Waals surface area contributed by atoms with E-state index in [1.165, 1.54) is 13.0 Å². The van der Waals surface area contributed by atoms with Crippen LogP contribution in [-0.4, -0.2) is 39.2 Å². The van der Waals surface area contributed by atoms with Crippen molar-refractivity contribution in [2.75, 3.05) is 21.3 Å². The first-order valence-electron chi connectivity index (χ1n) is 8.03. The molecular formula is C20H22O6. The fourth-order valence-electron chi connectivity index (χ4n) is 2.59. The van der Waals surface area contributed by atoms with E-state index >= 15 is 0 Å². The van der Waals surface area contributed by atoms with Crippen LogP contribution in [0.1, 0.15) is 17.3 Å². The van der Waals surface area contributed by atoms with Crippen molar-refractivity contribution in [3.05, 3.63) is 65.7 Å². The molecule has 0 bridgehead atoms. The highest BCUT2D eigenvalue weighted by Crippen LogP contribution is 2.28. The van der Waals surface area contributed by atoms with Crippen LogP contribution in [0.15, 0.2) is 60.1 Å². The predicted octanol–water partition coefficient (Wildman–Crippen LogP) is 3.06. The van der Waals surface area contributed by atoms with Gasteiger partial charge in [0.05, 0.1) is 26.2 Å². The third-order valence-corrected chi connectivity index (χ3v) is 3.89. The molecule has 1 aromatic carbocycles. The Morgan fingerprint density at radius 2 is 1.73 bits per heavy atom. The standard InChI is InChI=1S/C20H22O6/c1-13(21)26-15-7-5-14(6-8-15)18(22)10-9-17-19(24-3)11-16(23-2)12-20(17)25-4/h5-12,17,19H,1-4H3. The lowest BCUT2D eigenvalue weighted by Gasteiger charge is -2.26. The second-order valence-corrected chi connectivity index (χ2v) is 5.59. The van der Waals surface area contributed by atoms with Crippen LogP contribution in [0.3, 0.4) is 0 Å². The molecule has 0 N–H and O–H groups in total. The lowest BCUT2D eigenvalue weighted by Crippen LogP contribution is -2.25. The maximum absolute atomic E-state index is 12.4. The molecule has 1 aromatic rings. The van der Waals surface area contributed by atoms with Crippen LogP contribution in [0.4, 0.5) is 0 Å². The van der Waals surface area contributed by atoms with Crippen LogP contribution >= 0.6 is 0 Å². The average Bonchev–Trinajstić information content (AvgIpc) is 2.65. The van der Waals surface area contributed by atoms with Crippen LogP contribution in [0.25, 0.3) is 0 Å². The Balaban J connectivity index is 2.14. The molecule has 138 valence electrons. The third-order valence-electron chi connectivity index (χ3n) is 3.89. The van der Waals surface area contributed by atoms with E-state index in [2.05, 4.69) is 0 Å². The van der Waals surface area contributed by atoms with Crippen molar-refractivity contribution in [3.8, 4) is 5.75 Å². The van der Waals surface area contributed by atoms with Gasteiger partial charge in [-0.2, -0.15) is 0 Å². The summed E-state index contributed by atoms with van der Waals surface area (Å²) in [5.74, 6) is 0.858. The molecule has 0 aromatic heterocycles. The van der Waals surface area contributed by atoms with Gasteiger partial charge in [-0.05, 0) is 36.4 Å². The van der Waals surface area contributed by atoms with Crippen LogP contribution in [0.5, 0.6) is 5.75 Å². The zero-order valence-corrected chi connectivity index (χ0v) is 15.2. The van der Waals surface area contributed by atoms with Gasteiger partial charge in [0, 0.05) is 25.7 Å². The molecule has 6 nitrogen and oxygen atoms in total. The second kappa shape index (κ2) is 9.01. The molecule has 0 saturated heterocycles. The zero-order chi connectivity index (χ0) is 19.1. The van der Waals surface area contributed by atoms with Gasteiger partial charge in [-0.3, -0.25) is 9.59 Å². The monoisotopic (exact) mass is 358 g/mol. The van der Waals surface area contributed by atoms with Crippen LogP contribution < -0.4 is 4.74 Å². The number of rotatable bonds is 7. The molecule has 0 heterocycles. The van der Waals surface area contributed by atoms with Crippen molar-refractivity contribution in [1.82, 2.24) is 0 Å². The topological polar surface area (TPSA) is 71.1 Å². The zero-order valence-electron chi connectivity index (χ0n) is 15.2. The van der Waals surface area contributed by atoms with Crippen molar-refractivity contribution in [2.24, 2.45) is 5.92 Å². The number of carbonyl (C=O) groups is 2. The molecular weight excluding hydrogens is 336 g/mol. The molecule has 0 spiro atoms. The first-order chi connectivity index (χ1) is 12.5. The van der Waals surface area contributed by atoms with Gasteiger partial charge in [0.1, 0.15) is 17.3 Å². The van der Waals surface area contributed by atoms with Crippen molar-refractivity contribution >= 4 is 11.8 Å². The summed E-state index contributed by atoms with van der Waals surface area (Å²) in [6.07, 6.45) is 6.52. The van der Waals surface area contributed by atoms with Gasteiger partial charge in [0.2, 0.25) is 0 Å². The molecule has 2 unspecified atom stereocenters. The maximum Gasteiger partial charge on any atom is 0.308 e. The van der Waals surface area contributed by atoms with Crippen molar-refractivity contribution in [3.63, 3.8) is 0 Å². The van der Waals surface area contributed by atoms with E-state index in [-0.39, 0.29) is 17.8 Å². The van der Waals surface area contributed by atoms with Gasteiger partial charge in [-0.25, -0.2) is 0 Å². The maximum atomic E-state index is 12.4. The summed E-state index contributed by atoms with van der Waals surface area (Å²) in [5, 5.41) is 0. The quantitative estimate of drug-likeness (QED) is 0.323.